The van der Waals surface area contributed by atoms with Crippen molar-refractivity contribution in [3.63, 3.8) is 0 Å². The number of methoxy groups -OCH3 is 1. The number of carbonyl (C=O) groups is 1. The van der Waals surface area contributed by atoms with Crippen molar-refractivity contribution in [1.82, 2.24) is 15.4 Å². The number of nitrogens with one attached hydrogen (secondary N) is 2. The van der Waals surface area contributed by atoms with E-state index in [9.17, 15) is 4.79 Å². The van der Waals surface area contributed by atoms with E-state index >= 15 is 0 Å². The van der Waals surface area contributed by atoms with Crippen molar-refractivity contribution in [3.8, 4) is 17.4 Å². The minimum absolute atomic E-state index is 0.119. The van der Waals surface area contributed by atoms with E-state index in [1.165, 1.54) is 19.5 Å². The van der Waals surface area contributed by atoms with Gasteiger partial charge in [-0.15, -0.1) is 0 Å². The van der Waals surface area contributed by atoms with Gasteiger partial charge in [0, 0.05) is 10.6 Å². The Morgan fingerprint density at radius 3 is 2.63 bits per heavy atom. The zero-order valence-electron chi connectivity index (χ0n) is 14.3. The highest BCUT2D eigenvalue weighted by Crippen LogP contribution is 2.34. The predicted octanol–water partition coefficient (Wildman–Crippen LogP) is 3.27. The maximum absolute atomic E-state index is 12.2. The number of hydrogen-bond donors (Lipinski definition) is 3. The van der Waals surface area contributed by atoms with Crippen LogP contribution in [0.2, 0.25) is 5.02 Å². The molecule has 0 bridgehead atoms. The normalized spacial score (nSPS) is 10.1. The summed E-state index contributed by atoms with van der Waals surface area (Å²) in [5.41, 5.74) is 11.7. The Kier molecular flexibility index (Phi) is 5.58. The van der Waals surface area contributed by atoms with Crippen LogP contribution in [0.4, 0.5) is 11.5 Å². The van der Waals surface area contributed by atoms with Crippen molar-refractivity contribution in [2.45, 2.75) is 0 Å². The lowest BCUT2D eigenvalue weighted by molar-refractivity contribution is 0.0962. The monoisotopic (exact) mass is 385 g/mol. The van der Waals surface area contributed by atoms with E-state index in [0.29, 0.717) is 22.1 Å². The van der Waals surface area contributed by atoms with Gasteiger partial charge in [-0.3, -0.25) is 15.6 Å². The molecule has 0 spiro atoms. The molecule has 4 N–H and O–H groups in total. The summed E-state index contributed by atoms with van der Waals surface area (Å²) in [7, 11) is 1.53. The Bertz CT molecular complexity index is 967. The molecule has 1 heterocycles. The molecule has 0 unspecified atom stereocenters. The number of hydrogen-bond acceptors (Lipinski definition) is 7. The van der Waals surface area contributed by atoms with Crippen LogP contribution >= 0.6 is 11.6 Å². The number of halogens is 1. The fourth-order valence-electron chi connectivity index (χ4n) is 2.19. The van der Waals surface area contributed by atoms with Crippen molar-refractivity contribution in [3.05, 3.63) is 65.4 Å². The SMILES string of the molecule is COc1ccccc1Oc1ncnc(NNC(=O)c2cccc(Cl)c2)c1N. The number of aromatic nitrogens is 2. The van der Waals surface area contributed by atoms with Gasteiger partial charge < -0.3 is 15.2 Å². The van der Waals surface area contributed by atoms with Gasteiger partial charge >= 0.3 is 0 Å². The third-order valence-electron chi connectivity index (χ3n) is 3.50. The molecule has 2 aromatic carbocycles. The van der Waals surface area contributed by atoms with Crippen molar-refractivity contribution >= 4 is 29.0 Å². The second-order valence-electron chi connectivity index (χ2n) is 5.28. The summed E-state index contributed by atoms with van der Waals surface area (Å²) >= 11 is 5.89. The standard InChI is InChI=1S/C18H16ClN5O3/c1-26-13-7-2-3-8-14(13)27-18-15(20)16(21-10-22-18)23-24-17(25)11-5-4-6-12(19)9-11/h2-10H,20H2,1H3,(H,24,25)(H,21,22,23). The lowest BCUT2D eigenvalue weighted by Gasteiger charge is -2.13. The molecule has 1 amide bonds. The van der Waals surface area contributed by atoms with E-state index in [2.05, 4.69) is 20.8 Å². The Morgan fingerprint density at radius 1 is 1.11 bits per heavy atom. The van der Waals surface area contributed by atoms with E-state index in [1.54, 1.807) is 36.4 Å². The topological polar surface area (TPSA) is 111 Å². The van der Waals surface area contributed by atoms with Crippen LogP contribution in [0, 0.1) is 0 Å². The van der Waals surface area contributed by atoms with E-state index in [0.717, 1.165) is 0 Å². The maximum atomic E-state index is 12.2. The second kappa shape index (κ2) is 8.24. The van der Waals surface area contributed by atoms with Crippen LogP contribution < -0.4 is 26.1 Å². The summed E-state index contributed by atoms with van der Waals surface area (Å²) in [5, 5.41) is 0.455. The summed E-state index contributed by atoms with van der Waals surface area (Å²) in [6.45, 7) is 0. The van der Waals surface area contributed by atoms with Crippen molar-refractivity contribution < 1.29 is 14.3 Å². The number of para-hydroxylation sites is 2. The summed E-state index contributed by atoms with van der Waals surface area (Å²) in [4.78, 5) is 20.2. The summed E-state index contributed by atoms with van der Waals surface area (Å²) in [6, 6.07) is 13.6. The number of nitrogens with zero attached hydrogens (tertiary/aromatic N) is 2. The smallest absolute Gasteiger partial charge is 0.269 e. The average Bonchev–Trinajstić information content (AvgIpc) is 2.68. The Morgan fingerprint density at radius 2 is 1.89 bits per heavy atom. The van der Waals surface area contributed by atoms with Crippen molar-refractivity contribution in [2.75, 3.05) is 18.3 Å². The second-order valence-corrected chi connectivity index (χ2v) is 5.72. The minimum atomic E-state index is -0.400. The molecule has 27 heavy (non-hydrogen) atoms. The number of hydrazine groups is 1. The fourth-order valence-corrected chi connectivity index (χ4v) is 2.38. The van der Waals surface area contributed by atoms with Gasteiger partial charge in [-0.25, -0.2) is 4.98 Å². The molecule has 3 rings (SSSR count). The summed E-state index contributed by atoms with van der Waals surface area (Å²) in [6.07, 6.45) is 1.26. The van der Waals surface area contributed by atoms with E-state index in [-0.39, 0.29) is 17.4 Å². The molecule has 0 fully saturated rings. The Labute approximate surface area is 160 Å². The highest BCUT2D eigenvalue weighted by atomic mass is 35.5. The quantitative estimate of drug-likeness (QED) is 0.558. The molecule has 0 aliphatic carbocycles. The number of nitrogens with two attached hydrogens (primary N) is 1. The van der Waals surface area contributed by atoms with Gasteiger partial charge in [0.05, 0.1) is 7.11 Å². The predicted molar refractivity (Wildman–Crippen MR) is 102 cm³/mol. The largest absolute Gasteiger partial charge is 0.493 e. The number of anilines is 2. The molecule has 0 aliphatic heterocycles. The first kappa shape index (κ1) is 18.3. The average molecular weight is 386 g/mol. The maximum Gasteiger partial charge on any atom is 0.269 e. The molecular formula is C18H16ClN5O3. The molecular weight excluding hydrogens is 370 g/mol. The third kappa shape index (κ3) is 4.36. The number of rotatable bonds is 6. The van der Waals surface area contributed by atoms with Crippen molar-refractivity contribution in [2.24, 2.45) is 0 Å². The van der Waals surface area contributed by atoms with Crippen LogP contribution in [0.3, 0.4) is 0 Å². The first-order valence-electron chi connectivity index (χ1n) is 7.81. The molecule has 0 saturated heterocycles. The molecule has 3 aromatic rings. The summed E-state index contributed by atoms with van der Waals surface area (Å²) < 4.78 is 10.9. The number of amides is 1. The van der Waals surface area contributed by atoms with Crippen LogP contribution in [-0.2, 0) is 0 Å². The van der Waals surface area contributed by atoms with E-state index in [4.69, 9.17) is 26.8 Å². The van der Waals surface area contributed by atoms with Gasteiger partial charge in [0.2, 0.25) is 5.88 Å². The zero-order chi connectivity index (χ0) is 19.2. The van der Waals surface area contributed by atoms with Crippen molar-refractivity contribution in [1.29, 1.82) is 0 Å². The molecule has 0 atom stereocenters. The molecule has 9 heteroatoms. The van der Waals surface area contributed by atoms with Gasteiger partial charge in [-0.05, 0) is 30.3 Å². The summed E-state index contributed by atoms with van der Waals surface area (Å²) in [5.74, 6) is 0.876. The number of benzene rings is 2. The Hall–Kier alpha value is -3.52. The molecule has 1 aromatic heterocycles. The van der Waals surface area contributed by atoms with Crippen LogP contribution in [0.15, 0.2) is 54.9 Å². The Balaban J connectivity index is 1.74. The number of carbonyl (C=O) groups excluding carboxylic acids is 1. The van der Waals surface area contributed by atoms with E-state index in [1.807, 2.05) is 6.07 Å². The first-order valence-corrected chi connectivity index (χ1v) is 8.19. The number of ether oxygens (including phenoxy) is 2. The van der Waals surface area contributed by atoms with Gasteiger partial charge in [-0.2, -0.15) is 4.98 Å². The van der Waals surface area contributed by atoms with Gasteiger partial charge in [0.15, 0.2) is 17.3 Å². The molecule has 0 saturated carbocycles. The molecule has 0 radical (unpaired) electrons. The van der Waals surface area contributed by atoms with E-state index < -0.39 is 5.91 Å². The minimum Gasteiger partial charge on any atom is -0.493 e. The number of nitrogen functional groups attached to an aromatic ring is 1. The molecule has 0 aliphatic rings. The lowest BCUT2D eigenvalue weighted by Crippen LogP contribution is -2.30. The highest BCUT2D eigenvalue weighted by Gasteiger charge is 2.14. The van der Waals surface area contributed by atoms with Gasteiger partial charge in [-0.1, -0.05) is 29.8 Å². The first-order chi connectivity index (χ1) is 13.1. The van der Waals surface area contributed by atoms with Crippen LogP contribution in [0.1, 0.15) is 10.4 Å². The molecule has 8 nitrogen and oxygen atoms in total. The van der Waals surface area contributed by atoms with Crippen LogP contribution in [0.5, 0.6) is 17.4 Å². The van der Waals surface area contributed by atoms with Gasteiger partial charge in [0.1, 0.15) is 12.0 Å². The molecule has 138 valence electrons. The lowest BCUT2D eigenvalue weighted by atomic mass is 10.2. The van der Waals surface area contributed by atoms with Crippen LogP contribution in [-0.4, -0.2) is 23.0 Å². The third-order valence-corrected chi connectivity index (χ3v) is 3.74. The van der Waals surface area contributed by atoms with Crippen LogP contribution in [0.25, 0.3) is 0 Å². The fraction of sp³-hybridized carbons (Fsp3) is 0.0556. The zero-order valence-corrected chi connectivity index (χ0v) is 15.0. The van der Waals surface area contributed by atoms with Gasteiger partial charge in [0.25, 0.3) is 5.91 Å². The highest BCUT2D eigenvalue weighted by molar-refractivity contribution is 6.30.